The summed E-state index contributed by atoms with van der Waals surface area (Å²) in [5.74, 6) is 2.09. The van der Waals surface area contributed by atoms with Crippen LogP contribution in [-0.2, 0) is 4.79 Å². The highest BCUT2D eigenvalue weighted by Gasteiger charge is 2.14. The Morgan fingerprint density at radius 2 is 1.96 bits per heavy atom. The molecular formula is C19H18N4O3S2. The molecule has 0 fully saturated rings. The number of hydrogen-bond acceptors (Lipinski definition) is 7. The summed E-state index contributed by atoms with van der Waals surface area (Å²) in [6, 6.07) is 9.42. The smallest absolute Gasteiger partial charge is 0.234 e. The Hall–Kier alpha value is -2.78. The van der Waals surface area contributed by atoms with Crippen LogP contribution in [0.1, 0.15) is 5.82 Å². The molecule has 0 atom stereocenters. The first-order valence-electron chi connectivity index (χ1n) is 8.47. The van der Waals surface area contributed by atoms with Crippen molar-refractivity contribution in [1.82, 2.24) is 14.6 Å². The van der Waals surface area contributed by atoms with E-state index in [-0.39, 0.29) is 11.7 Å². The standard InChI is InChI=1S/C19H18N4O3S2/c1-11-21-22-19(14-9-17-13(23(11)14)6-7-27-17)28-10-18(24)20-12-4-5-15(25-2)16(8-12)26-3/h4-9H,10H2,1-3H3,(H,20,24). The molecule has 0 bridgehead atoms. The van der Waals surface area contributed by atoms with Gasteiger partial charge in [-0.15, -0.1) is 21.5 Å². The molecule has 0 radical (unpaired) electrons. The van der Waals surface area contributed by atoms with Crippen LogP contribution in [0.4, 0.5) is 5.69 Å². The molecule has 3 aromatic heterocycles. The van der Waals surface area contributed by atoms with Crippen LogP contribution in [-0.4, -0.2) is 40.5 Å². The quantitative estimate of drug-likeness (QED) is 0.481. The van der Waals surface area contributed by atoms with Crippen LogP contribution >= 0.6 is 23.1 Å². The number of hydrogen-bond donors (Lipinski definition) is 1. The second kappa shape index (κ2) is 7.69. The lowest BCUT2D eigenvalue weighted by Crippen LogP contribution is -2.14. The lowest BCUT2D eigenvalue weighted by atomic mass is 10.2. The summed E-state index contributed by atoms with van der Waals surface area (Å²) in [7, 11) is 3.13. The summed E-state index contributed by atoms with van der Waals surface area (Å²) < 4.78 is 13.7. The van der Waals surface area contributed by atoms with Gasteiger partial charge in [0.05, 0.1) is 35.7 Å². The number of benzene rings is 1. The van der Waals surface area contributed by atoms with Crippen LogP contribution < -0.4 is 14.8 Å². The Balaban J connectivity index is 1.50. The Bertz CT molecular complexity index is 1170. The van der Waals surface area contributed by atoms with Crippen molar-refractivity contribution in [3.05, 3.63) is 41.5 Å². The number of fused-ring (bicyclic) bond motifs is 3. The molecule has 4 rings (SSSR count). The van der Waals surface area contributed by atoms with Crippen LogP contribution in [0.2, 0.25) is 0 Å². The van der Waals surface area contributed by atoms with Crippen molar-refractivity contribution in [3.8, 4) is 11.5 Å². The highest BCUT2D eigenvalue weighted by Crippen LogP contribution is 2.32. The Morgan fingerprint density at radius 3 is 2.75 bits per heavy atom. The molecule has 9 heteroatoms. The van der Waals surface area contributed by atoms with E-state index in [0.29, 0.717) is 17.2 Å². The van der Waals surface area contributed by atoms with Gasteiger partial charge in [0.1, 0.15) is 10.9 Å². The minimum Gasteiger partial charge on any atom is -0.493 e. The third-order valence-electron chi connectivity index (χ3n) is 4.26. The third-order valence-corrected chi connectivity index (χ3v) is 6.08. The molecular weight excluding hydrogens is 396 g/mol. The molecule has 0 spiro atoms. The fourth-order valence-electron chi connectivity index (χ4n) is 2.99. The number of thiophene rings is 1. The minimum absolute atomic E-state index is 0.133. The van der Waals surface area contributed by atoms with Crippen molar-refractivity contribution in [1.29, 1.82) is 0 Å². The van der Waals surface area contributed by atoms with Crippen LogP contribution in [0.15, 0.2) is 40.7 Å². The number of aryl methyl sites for hydroxylation is 1. The van der Waals surface area contributed by atoms with Crippen molar-refractivity contribution in [2.45, 2.75) is 11.9 Å². The molecule has 0 aliphatic rings. The molecule has 28 heavy (non-hydrogen) atoms. The van der Waals surface area contributed by atoms with E-state index in [1.54, 1.807) is 43.8 Å². The van der Waals surface area contributed by atoms with E-state index in [0.717, 1.165) is 21.9 Å². The summed E-state index contributed by atoms with van der Waals surface area (Å²) in [4.78, 5) is 12.4. The second-order valence-electron chi connectivity index (χ2n) is 5.99. The number of amides is 1. The van der Waals surface area contributed by atoms with E-state index in [4.69, 9.17) is 9.47 Å². The fourth-order valence-corrected chi connectivity index (χ4v) is 4.53. The lowest BCUT2D eigenvalue weighted by Gasteiger charge is -2.10. The summed E-state index contributed by atoms with van der Waals surface area (Å²) in [5, 5.41) is 14.2. The second-order valence-corrected chi connectivity index (χ2v) is 7.91. The predicted molar refractivity (Wildman–Crippen MR) is 112 cm³/mol. The Kier molecular flexibility index (Phi) is 5.10. The van der Waals surface area contributed by atoms with Gasteiger partial charge >= 0.3 is 0 Å². The van der Waals surface area contributed by atoms with Crippen LogP contribution in [0.3, 0.4) is 0 Å². The van der Waals surface area contributed by atoms with Gasteiger partial charge < -0.3 is 14.8 Å². The average Bonchev–Trinajstić information content (AvgIpc) is 3.29. The zero-order chi connectivity index (χ0) is 19.7. The molecule has 0 unspecified atom stereocenters. The van der Waals surface area contributed by atoms with Gasteiger partial charge in [-0.3, -0.25) is 9.20 Å². The van der Waals surface area contributed by atoms with E-state index in [1.165, 1.54) is 16.5 Å². The van der Waals surface area contributed by atoms with E-state index in [1.807, 2.05) is 6.92 Å². The van der Waals surface area contributed by atoms with E-state index >= 15 is 0 Å². The van der Waals surface area contributed by atoms with Gasteiger partial charge in [-0.2, -0.15) is 0 Å². The molecule has 7 nitrogen and oxygen atoms in total. The van der Waals surface area contributed by atoms with Gasteiger partial charge in [-0.05, 0) is 36.6 Å². The van der Waals surface area contributed by atoms with Crippen LogP contribution in [0.25, 0.3) is 15.7 Å². The zero-order valence-electron chi connectivity index (χ0n) is 15.6. The van der Waals surface area contributed by atoms with Crippen molar-refractivity contribution < 1.29 is 14.3 Å². The topological polar surface area (TPSA) is 77.8 Å². The van der Waals surface area contributed by atoms with Crippen molar-refractivity contribution in [2.24, 2.45) is 0 Å². The summed E-state index contributed by atoms with van der Waals surface area (Å²) >= 11 is 3.04. The number of aromatic nitrogens is 3. The van der Waals surface area contributed by atoms with E-state index in [9.17, 15) is 4.79 Å². The van der Waals surface area contributed by atoms with Crippen molar-refractivity contribution >= 4 is 50.4 Å². The average molecular weight is 415 g/mol. The number of nitrogens with one attached hydrogen (secondary N) is 1. The lowest BCUT2D eigenvalue weighted by molar-refractivity contribution is -0.113. The number of nitrogens with zero attached hydrogens (tertiary/aromatic N) is 3. The van der Waals surface area contributed by atoms with Gasteiger partial charge in [-0.1, -0.05) is 11.8 Å². The van der Waals surface area contributed by atoms with Crippen LogP contribution in [0.5, 0.6) is 11.5 Å². The normalized spacial score (nSPS) is 11.1. The van der Waals surface area contributed by atoms with Gasteiger partial charge in [0.2, 0.25) is 5.91 Å². The summed E-state index contributed by atoms with van der Waals surface area (Å²) in [6.45, 7) is 1.93. The predicted octanol–water partition coefficient (Wildman–Crippen LogP) is 4.00. The van der Waals surface area contributed by atoms with Crippen LogP contribution in [0, 0.1) is 6.92 Å². The summed E-state index contributed by atoms with van der Waals surface area (Å²) in [5.41, 5.74) is 2.73. The fraction of sp³-hybridized carbons (Fsp3) is 0.211. The van der Waals surface area contributed by atoms with Gasteiger partial charge in [0, 0.05) is 11.8 Å². The Morgan fingerprint density at radius 1 is 1.14 bits per heavy atom. The maximum Gasteiger partial charge on any atom is 0.234 e. The van der Waals surface area contributed by atoms with Crippen molar-refractivity contribution in [3.63, 3.8) is 0 Å². The monoisotopic (exact) mass is 414 g/mol. The number of rotatable bonds is 6. The molecule has 1 amide bonds. The maximum atomic E-state index is 12.4. The number of carbonyl (C=O) groups is 1. The number of thioether (sulfide) groups is 1. The Labute approximate surface area is 169 Å². The molecule has 1 aromatic carbocycles. The molecule has 0 saturated carbocycles. The van der Waals surface area contributed by atoms with Crippen molar-refractivity contribution in [2.75, 3.05) is 25.3 Å². The molecule has 3 heterocycles. The molecule has 144 valence electrons. The zero-order valence-corrected chi connectivity index (χ0v) is 17.2. The number of methoxy groups -OCH3 is 2. The first-order chi connectivity index (χ1) is 13.6. The molecule has 1 N–H and O–H groups in total. The number of anilines is 1. The molecule has 4 aromatic rings. The van der Waals surface area contributed by atoms with Gasteiger partial charge in [0.15, 0.2) is 11.5 Å². The van der Waals surface area contributed by atoms with E-state index in [2.05, 4.69) is 37.4 Å². The molecule has 0 aliphatic carbocycles. The van der Waals surface area contributed by atoms with Gasteiger partial charge in [0.25, 0.3) is 0 Å². The highest BCUT2D eigenvalue weighted by molar-refractivity contribution is 8.00. The largest absolute Gasteiger partial charge is 0.493 e. The molecule has 0 aliphatic heterocycles. The van der Waals surface area contributed by atoms with E-state index < -0.39 is 0 Å². The summed E-state index contributed by atoms with van der Waals surface area (Å²) in [6.07, 6.45) is 0. The maximum absolute atomic E-state index is 12.4. The first-order valence-corrected chi connectivity index (χ1v) is 10.3. The SMILES string of the molecule is COc1ccc(NC(=O)CSc2nnc(C)n3c2cc2sccc23)cc1OC. The number of carbonyl (C=O) groups excluding carboxylic acids is 1. The number of ether oxygens (including phenoxy) is 2. The third kappa shape index (κ3) is 3.38. The minimum atomic E-state index is -0.133. The highest BCUT2D eigenvalue weighted by atomic mass is 32.2. The molecule has 0 saturated heterocycles. The first kappa shape index (κ1) is 18.6. The van der Waals surface area contributed by atoms with Gasteiger partial charge in [-0.25, -0.2) is 0 Å².